The molecule has 2 aromatic rings. The number of nitrogens with zero attached hydrogens (tertiary/aromatic N) is 1. The molecule has 0 N–H and O–H groups in total. The average Bonchev–Trinajstić information content (AvgIpc) is 2.77. The first-order chi connectivity index (χ1) is 10.5. The highest BCUT2D eigenvalue weighted by Crippen LogP contribution is 2.36. The second kappa shape index (κ2) is 6.54. The van der Waals surface area contributed by atoms with Crippen molar-refractivity contribution in [2.75, 3.05) is 4.90 Å². The molecule has 1 saturated heterocycles. The Morgan fingerprint density at radius 2 is 1.73 bits per heavy atom. The third kappa shape index (κ3) is 3.27. The summed E-state index contributed by atoms with van der Waals surface area (Å²) in [7, 11) is 0. The van der Waals surface area contributed by atoms with Crippen molar-refractivity contribution in [2.45, 2.75) is 0 Å². The van der Waals surface area contributed by atoms with Crippen molar-refractivity contribution in [3.63, 3.8) is 0 Å². The number of rotatable bonds is 2. The Balaban J connectivity index is 1.91. The summed E-state index contributed by atoms with van der Waals surface area (Å²) in [5.74, 6) is -0.111. The van der Waals surface area contributed by atoms with Crippen LogP contribution in [0.4, 0.5) is 5.69 Å². The van der Waals surface area contributed by atoms with Crippen molar-refractivity contribution in [1.29, 1.82) is 0 Å². The van der Waals surface area contributed by atoms with E-state index in [1.165, 1.54) is 16.7 Å². The fourth-order valence-electron chi connectivity index (χ4n) is 1.99. The lowest BCUT2D eigenvalue weighted by molar-refractivity contribution is -0.113. The molecule has 2 nitrogen and oxygen atoms in total. The van der Waals surface area contributed by atoms with E-state index in [2.05, 4.69) is 15.9 Å². The molecule has 0 bridgehead atoms. The minimum absolute atomic E-state index is 0.111. The summed E-state index contributed by atoms with van der Waals surface area (Å²) in [5, 5.41) is 0.625. The first-order valence-corrected chi connectivity index (χ1v) is 8.73. The summed E-state index contributed by atoms with van der Waals surface area (Å²) in [6.45, 7) is 0. The van der Waals surface area contributed by atoms with Crippen molar-refractivity contribution in [3.05, 3.63) is 68.5 Å². The number of halogens is 2. The lowest BCUT2D eigenvalue weighted by Gasteiger charge is -2.14. The maximum absolute atomic E-state index is 12.6. The largest absolute Gasteiger partial charge is 0.270 e. The topological polar surface area (TPSA) is 20.3 Å². The van der Waals surface area contributed by atoms with Crippen LogP contribution in [0.2, 0.25) is 5.02 Å². The molecular weight excluding hydrogens is 402 g/mol. The van der Waals surface area contributed by atoms with Crippen molar-refractivity contribution >= 4 is 73.5 Å². The number of hydrogen-bond donors (Lipinski definition) is 0. The number of thioether (sulfide) groups is 1. The summed E-state index contributed by atoms with van der Waals surface area (Å²) in [4.78, 5) is 14.7. The minimum Gasteiger partial charge on any atom is -0.268 e. The van der Waals surface area contributed by atoms with Crippen LogP contribution in [-0.2, 0) is 4.79 Å². The van der Waals surface area contributed by atoms with Crippen molar-refractivity contribution < 1.29 is 4.79 Å². The molecule has 0 aromatic heterocycles. The quantitative estimate of drug-likeness (QED) is 0.481. The zero-order valence-electron chi connectivity index (χ0n) is 11.1. The summed E-state index contributed by atoms with van der Waals surface area (Å²) in [5.41, 5.74) is 1.69. The maximum Gasteiger partial charge on any atom is 0.270 e. The number of carbonyl (C=O) groups is 1. The monoisotopic (exact) mass is 409 g/mol. The standard InChI is InChI=1S/C16H9BrClNOS2/c17-11-3-1-10(2-4-11)9-14-15(20)19(16(21)22-14)13-7-5-12(18)6-8-13/h1-9H/b14-9-. The molecule has 110 valence electrons. The van der Waals surface area contributed by atoms with Gasteiger partial charge in [0.2, 0.25) is 0 Å². The molecule has 0 radical (unpaired) electrons. The van der Waals surface area contributed by atoms with Crippen LogP contribution in [0, 0.1) is 0 Å². The van der Waals surface area contributed by atoms with Crippen LogP contribution in [0.15, 0.2) is 57.9 Å². The Bertz CT molecular complexity index is 772. The van der Waals surface area contributed by atoms with Gasteiger partial charge >= 0.3 is 0 Å². The van der Waals surface area contributed by atoms with Crippen LogP contribution < -0.4 is 4.90 Å². The van der Waals surface area contributed by atoms with Crippen molar-refractivity contribution in [1.82, 2.24) is 0 Å². The SMILES string of the molecule is O=C1/C(=C/c2ccc(Br)cc2)SC(=S)N1c1ccc(Cl)cc1. The van der Waals surface area contributed by atoms with Crippen LogP contribution in [0.5, 0.6) is 0 Å². The Morgan fingerprint density at radius 1 is 1.09 bits per heavy atom. The highest BCUT2D eigenvalue weighted by molar-refractivity contribution is 9.10. The van der Waals surface area contributed by atoms with Gasteiger partial charge < -0.3 is 0 Å². The molecule has 3 rings (SSSR count). The molecule has 22 heavy (non-hydrogen) atoms. The molecule has 2 aromatic carbocycles. The molecule has 0 atom stereocenters. The fraction of sp³-hybridized carbons (Fsp3) is 0. The number of anilines is 1. The zero-order valence-corrected chi connectivity index (χ0v) is 15.1. The molecule has 1 fully saturated rings. The molecular formula is C16H9BrClNOS2. The maximum atomic E-state index is 12.6. The highest BCUT2D eigenvalue weighted by Gasteiger charge is 2.33. The lowest BCUT2D eigenvalue weighted by Crippen LogP contribution is -2.27. The van der Waals surface area contributed by atoms with E-state index in [1.54, 1.807) is 24.3 Å². The molecule has 0 aliphatic carbocycles. The molecule has 0 unspecified atom stereocenters. The summed E-state index contributed by atoms with van der Waals surface area (Å²) in [6, 6.07) is 14.8. The molecule has 1 aliphatic heterocycles. The predicted octanol–water partition coefficient (Wildman–Crippen LogP) is 5.51. The third-order valence-electron chi connectivity index (χ3n) is 3.05. The number of benzene rings is 2. The van der Waals surface area contributed by atoms with Crippen LogP contribution in [0.1, 0.15) is 5.56 Å². The fourth-order valence-corrected chi connectivity index (χ4v) is 3.68. The van der Waals surface area contributed by atoms with Gasteiger partial charge in [-0.15, -0.1) is 0 Å². The van der Waals surface area contributed by atoms with E-state index in [1.807, 2.05) is 30.3 Å². The van der Waals surface area contributed by atoms with E-state index in [0.29, 0.717) is 14.2 Å². The van der Waals surface area contributed by atoms with E-state index in [0.717, 1.165) is 15.7 Å². The van der Waals surface area contributed by atoms with Crippen LogP contribution in [-0.4, -0.2) is 10.2 Å². The normalized spacial score (nSPS) is 16.6. The number of amides is 1. The molecule has 1 heterocycles. The first kappa shape index (κ1) is 15.7. The predicted molar refractivity (Wildman–Crippen MR) is 101 cm³/mol. The molecule has 0 spiro atoms. The van der Waals surface area contributed by atoms with Gasteiger partial charge in [-0.25, -0.2) is 0 Å². The Hall–Kier alpha value is -1.14. The van der Waals surface area contributed by atoms with Gasteiger partial charge in [-0.3, -0.25) is 9.69 Å². The second-order valence-corrected chi connectivity index (χ2v) is 7.57. The van der Waals surface area contributed by atoms with Gasteiger partial charge in [-0.1, -0.05) is 63.6 Å². The molecule has 1 aliphatic rings. The Morgan fingerprint density at radius 3 is 2.36 bits per heavy atom. The number of thiocarbonyl (C=S) groups is 1. The van der Waals surface area contributed by atoms with Crippen molar-refractivity contribution in [2.24, 2.45) is 0 Å². The second-order valence-electron chi connectivity index (χ2n) is 4.55. The summed E-state index contributed by atoms with van der Waals surface area (Å²) < 4.78 is 1.52. The van der Waals surface area contributed by atoms with Crippen molar-refractivity contribution in [3.8, 4) is 0 Å². The van der Waals surface area contributed by atoms with Gasteiger partial charge in [-0.2, -0.15) is 0 Å². The minimum atomic E-state index is -0.111. The van der Waals surface area contributed by atoms with Gasteiger partial charge in [0.25, 0.3) is 5.91 Å². The smallest absolute Gasteiger partial charge is 0.268 e. The summed E-state index contributed by atoms with van der Waals surface area (Å²) in [6.07, 6.45) is 1.85. The van der Waals surface area contributed by atoms with Gasteiger partial charge in [0.15, 0.2) is 4.32 Å². The van der Waals surface area contributed by atoms with E-state index in [4.69, 9.17) is 23.8 Å². The van der Waals surface area contributed by atoms with Crippen LogP contribution in [0.25, 0.3) is 6.08 Å². The number of hydrogen-bond acceptors (Lipinski definition) is 3. The van der Waals surface area contributed by atoms with Crippen LogP contribution >= 0.6 is 51.5 Å². The lowest BCUT2D eigenvalue weighted by atomic mass is 10.2. The Kier molecular flexibility index (Phi) is 4.68. The van der Waals surface area contributed by atoms with E-state index in [-0.39, 0.29) is 5.91 Å². The van der Waals surface area contributed by atoms with Gasteiger partial charge in [0.1, 0.15) is 0 Å². The average molecular weight is 411 g/mol. The highest BCUT2D eigenvalue weighted by atomic mass is 79.9. The van der Waals surface area contributed by atoms with E-state index < -0.39 is 0 Å². The first-order valence-electron chi connectivity index (χ1n) is 6.34. The van der Waals surface area contributed by atoms with E-state index >= 15 is 0 Å². The molecule has 1 amide bonds. The molecule has 6 heteroatoms. The van der Waals surface area contributed by atoms with Gasteiger partial charge in [0, 0.05) is 9.50 Å². The summed E-state index contributed by atoms with van der Waals surface area (Å²) >= 11 is 15.9. The van der Waals surface area contributed by atoms with E-state index in [9.17, 15) is 4.79 Å². The van der Waals surface area contributed by atoms with Crippen LogP contribution in [0.3, 0.4) is 0 Å². The zero-order chi connectivity index (χ0) is 15.7. The number of carbonyl (C=O) groups excluding carboxylic acids is 1. The van der Waals surface area contributed by atoms with Gasteiger partial charge in [-0.05, 0) is 48.0 Å². The molecule has 0 saturated carbocycles. The third-order valence-corrected chi connectivity index (χ3v) is 5.13. The Labute approximate surface area is 151 Å². The van der Waals surface area contributed by atoms with Gasteiger partial charge in [0.05, 0.1) is 10.6 Å².